The Morgan fingerprint density at radius 1 is 0.609 bits per heavy atom. The summed E-state index contributed by atoms with van der Waals surface area (Å²) < 4.78 is 7.41. The average molecular weight is 736 g/mol. The summed E-state index contributed by atoms with van der Waals surface area (Å²) in [6, 6.07) is 50.5. The molecule has 5 aromatic rings. The van der Waals surface area contributed by atoms with Crippen LogP contribution in [0.2, 0.25) is 0 Å². The molecule has 0 bridgehead atoms. The van der Waals surface area contributed by atoms with Gasteiger partial charge in [0.05, 0.1) is 0 Å². The van der Waals surface area contributed by atoms with Crippen LogP contribution in [0, 0.1) is 12.0 Å². The van der Waals surface area contributed by atoms with E-state index < -0.39 is 29.2 Å². The Bertz CT molecular complexity index is 1620. The van der Waals surface area contributed by atoms with Crippen LogP contribution < -0.4 is 15.6 Å². The van der Waals surface area contributed by atoms with Crippen LogP contribution in [0.4, 0.5) is 0 Å². The second-order valence-corrected chi connectivity index (χ2v) is 18.9. The van der Waals surface area contributed by atoms with Gasteiger partial charge in [-0.2, -0.15) is 6.42 Å². The molecule has 2 aliphatic rings. The number of allylic oxidation sites excluding steroid dienone is 2. The molecule has 2 atom stereocenters. The van der Waals surface area contributed by atoms with Crippen LogP contribution in [0.25, 0.3) is 12.2 Å². The number of fused-ring (bicyclic) bond motifs is 2. The van der Waals surface area contributed by atoms with Crippen LogP contribution in [-0.2, 0) is 25.3 Å². The number of halogens is 2. The summed E-state index contributed by atoms with van der Waals surface area (Å²) in [5.41, 5.74) is 5.43. The molecule has 5 aromatic carbocycles. The zero-order valence-electron chi connectivity index (χ0n) is 25.9. The zero-order valence-corrected chi connectivity index (χ0v) is 30.9. The first-order valence-electron chi connectivity index (χ1n) is 15.8. The summed E-state index contributed by atoms with van der Waals surface area (Å²) in [7, 11) is 7.02. The topological polar surface area (TPSA) is 9.23 Å². The molecule has 0 heterocycles. The van der Waals surface area contributed by atoms with E-state index in [2.05, 4.69) is 177 Å². The molecule has 0 saturated heterocycles. The fraction of sp³-hybridized carbons (Fsp3) is 0.146. The summed E-state index contributed by atoms with van der Waals surface area (Å²) >= 11 is -0.826. The van der Waals surface area contributed by atoms with Gasteiger partial charge in [-0.1, -0.05) is 177 Å². The van der Waals surface area contributed by atoms with Crippen molar-refractivity contribution in [2.45, 2.75) is 31.6 Å². The van der Waals surface area contributed by atoms with E-state index in [1.807, 2.05) is 0 Å². The van der Waals surface area contributed by atoms with Gasteiger partial charge in [-0.15, -0.1) is 0 Å². The Hall–Kier alpha value is -2.78. The molecule has 46 heavy (non-hydrogen) atoms. The van der Waals surface area contributed by atoms with Crippen LogP contribution in [0.1, 0.15) is 53.9 Å². The molecule has 7 rings (SSSR count). The molecule has 0 fully saturated rings. The van der Waals surface area contributed by atoms with Crippen LogP contribution in [-0.4, -0.2) is 8.32 Å². The van der Waals surface area contributed by atoms with E-state index in [-0.39, 0.29) is 17.3 Å². The van der Waals surface area contributed by atoms with Crippen molar-refractivity contribution in [1.29, 1.82) is 0 Å². The summed E-state index contributed by atoms with van der Waals surface area (Å²) in [4.78, 5) is 0. The number of rotatable bonds is 10. The van der Waals surface area contributed by atoms with Crippen molar-refractivity contribution in [3.05, 3.63) is 181 Å². The minimum absolute atomic E-state index is 0.0869. The molecule has 2 unspecified atom stereocenters. The predicted octanol–water partition coefficient (Wildman–Crippen LogP) is 9.62. The summed E-state index contributed by atoms with van der Waals surface area (Å²) in [6.45, 7) is 4.57. The first kappa shape index (κ1) is 33.1. The maximum absolute atomic E-state index is 7.41. The van der Waals surface area contributed by atoms with E-state index >= 15 is 0 Å². The minimum atomic E-state index is -2.85. The van der Waals surface area contributed by atoms with Gasteiger partial charge in [-0.05, 0) is 43.2 Å². The third kappa shape index (κ3) is 6.38. The molecule has 0 radical (unpaired) electrons. The Labute approximate surface area is 293 Å². The quantitative estimate of drug-likeness (QED) is 0.0789. The van der Waals surface area contributed by atoms with E-state index in [0.29, 0.717) is 0 Å². The second kappa shape index (κ2) is 15.4. The molecule has 0 aliphatic heterocycles. The van der Waals surface area contributed by atoms with Gasteiger partial charge >= 0.3 is 37.9 Å². The van der Waals surface area contributed by atoms with E-state index in [0.717, 1.165) is 12.8 Å². The first-order chi connectivity index (χ1) is 22.7. The van der Waals surface area contributed by atoms with Crippen molar-refractivity contribution in [3.63, 3.8) is 0 Å². The van der Waals surface area contributed by atoms with Crippen LogP contribution in [0.5, 0.6) is 0 Å². The fourth-order valence-corrected chi connectivity index (χ4v) is 11.3. The molecule has 0 spiro atoms. The van der Waals surface area contributed by atoms with Crippen LogP contribution in [0.15, 0.2) is 152 Å². The Kier molecular flexibility index (Phi) is 11.1. The third-order valence-corrected chi connectivity index (χ3v) is 13.7. The molecule has 1 nitrogen and oxygen atoms in total. The first-order valence-corrected chi connectivity index (χ1v) is 24.1. The monoisotopic (exact) mass is 733 g/mol. The Morgan fingerprint density at radius 3 is 1.37 bits per heavy atom. The van der Waals surface area contributed by atoms with Crippen molar-refractivity contribution >= 4 is 53.1 Å². The van der Waals surface area contributed by atoms with E-state index in [9.17, 15) is 0 Å². The summed E-state index contributed by atoms with van der Waals surface area (Å²) in [6.07, 6.45) is 11.4. The van der Waals surface area contributed by atoms with Crippen molar-refractivity contribution in [2.75, 3.05) is 0 Å². The van der Waals surface area contributed by atoms with Gasteiger partial charge in [0.25, 0.3) is 8.32 Å². The molecular weight excluding hydrogens is 699 g/mol. The zero-order chi connectivity index (χ0) is 31.8. The average Bonchev–Trinajstić information content (AvgIpc) is 3.76. The molecule has 230 valence electrons. The Morgan fingerprint density at radius 2 is 0.978 bits per heavy atom. The van der Waals surface area contributed by atoms with E-state index in [4.69, 9.17) is 21.5 Å². The van der Waals surface area contributed by atoms with Gasteiger partial charge in [0.15, 0.2) is 0 Å². The summed E-state index contributed by atoms with van der Waals surface area (Å²) in [5, 5.41) is 3.76. The van der Waals surface area contributed by atoms with Crippen LogP contribution in [0.3, 0.4) is 0 Å². The molecule has 5 heteroatoms. The van der Waals surface area contributed by atoms with Gasteiger partial charge in [0.1, 0.15) is 0 Å². The predicted molar refractivity (Wildman–Crippen MR) is 195 cm³/mol. The van der Waals surface area contributed by atoms with Crippen molar-refractivity contribution in [1.82, 2.24) is 0 Å². The molecule has 0 N–H and O–H groups in total. The third-order valence-electron chi connectivity index (χ3n) is 9.76. The fourth-order valence-electron chi connectivity index (χ4n) is 7.58. The van der Waals surface area contributed by atoms with Crippen LogP contribution >= 0.6 is 17.0 Å². The van der Waals surface area contributed by atoms with Gasteiger partial charge in [0, 0.05) is 11.8 Å². The van der Waals surface area contributed by atoms with Gasteiger partial charge in [-0.25, -0.2) is 6.61 Å². The molecule has 0 saturated carbocycles. The number of hydrogen-bond acceptors (Lipinski definition) is 1. The molecule has 0 aromatic heterocycles. The maximum atomic E-state index is 7.41. The van der Waals surface area contributed by atoms with Crippen molar-refractivity contribution in [3.8, 4) is 0 Å². The van der Waals surface area contributed by atoms with E-state index in [1.165, 1.54) is 37.8 Å². The molecule has 2 aliphatic carbocycles. The standard InChI is InChI=1S/C41H37OSi.2ClH.Zr/c1-2-41(39-28-26-32-16-12-14-24-37(32)39,40-29-27-33-17-13-15-25-38(33)40)30-31-42-43(34-18-6-3-7-19-34,35-20-8-4-9-21-35)36-22-10-5-11-23-36;;;/h3-29,31,39-40H,2,30H2,1H3;2*1H;/q-1;;;+2/p-2. The summed E-state index contributed by atoms with van der Waals surface area (Å²) in [5.74, 6) is 0.575. The van der Waals surface area contributed by atoms with E-state index in [1.54, 1.807) is 0 Å². The van der Waals surface area contributed by atoms with Gasteiger partial charge in [-0.3, -0.25) is 0 Å². The van der Waals surface area contributed by atoms with Gasteiger partial charge < -0.3 is 4.43 Å². The van der Waals surface area contributed by atoms with Crippen molar-refractivity contribution in [2.24, 2.45) is 5.41 Å². The number of hydrogen-bond donors (Lipinski definition) is 0. The van der Waals surface area contributed by atoms with Crippen molar-refractivity contribution < 1.29 is 25.3 Å². The second-order valence-electron chi connectivity index (χ2n) is 11.9. The SMILES string of the molecule is CCC(C[CH-]O[Si](c1ccccc1)(c1ccccc1)c1ccccc1)(C1C=Cc2ccccc21)C1C=Cc2ccccc21.[Cl][Zr][Cl]. The molecular formula is C41H37Cl2OSiZr-. The molecule has 0 amide bonds. The number of benzene rings is 5. The van der Waals surface area contributed by atoms with Gasteiger partial charge in [0.2, 0.25) is 0 Å². The Balaban J connectivity index is 0.00000119. The normalized spacial score (nSPS) is 17.4.